The molecular weight excluding hydrogens is 783 g/mol. The van der Waals surface area contributed by atoms with Crippen LogP contribution in [-0.4, -0.2) is 34.9 Å². The molecule has 0 N–H and O–H groups in total. The number of rotatable bonds is 8. The molecule has 6 aromatic heterocycles. The van der Waals surface area contributed by atoms with Gasteiger partial charge in [0.25, 0.3) is 0 Å². The van der Waals surface area contributed by atoms with Crippen LogP contribution in [0.4, 0.5) is 0 Å². The molecule has 0 fully saturated rings. The van der Waals surface area contributed by atoms with Crippen LogP contribution in [-0.2, 0) is 0 Å². The van der Waals surface area contributed by atoms with Crippen molar-refractivity contribution in [2.24, 2.45) is 0 Å². The smallest absolute Gasteiger partial charge is 0.182 e. The number of thiophene rings is 3. The largest absolute Gasteiger partial charge is 0.252 e. The minimum atomic E-state index is 0.530. The molecule has 5 aromatic carbocycles. The van der Waals surface area contributed by atoms with E-state index in [-0.39, 0.29) is 0 Å². The summed E-state index contributed by atoms with van der Waals surface area (Å²) in [4.78, 5) is 34.5. The maximum absolute atomic E-state index is 5.00. The molecule has 0 atom stereocenters. The molecular formula is C49H29N7S3. The van der Waals surface area contributed by atoms with Gasteiger partial charge in [-0.25, -0.2) is 29.9 Å². The summed E-state index contributed by atoms with van der Waals surface area (Å²) in [7, 11) is 0. The minimum absolute atomic E-state index is 0.530. The number of aromatic nitrogens is 7. The fourth-order valence-electron chi connectivity index (χ4n) is 7.19. The van der Waals surface area contributed by atoms with E-state index >= 15 is 0 Å². The fraction of sp³-hybridized carbons (Fsp3) is 0. The van der Waals surface area contributed by atoms with Crippen molar-refractivity contribution in [3.05, 3.63) is 175 Å². The molecule has 278 valence electrons. The zero-order valence-electron chi connectivity index (χ0n) is 31.1. The van der Waals surface area contributed by atoms with Gasteiger partial charge in [-0.1, -0.05) is 146 Å². The molecule has 0 radical (unpaired) electrons. The monoisotopic (exact) mass is 811 g/mol. The lowest BCUT2D eigenvalue weighted by Gasteiger charge is -2.09. The van der Waals surface area contributed by atoms with Crippen molar-refractivity contribution in [1.29, 1.82) is 0 Å². The summed E-state index contributed by atoms with van der Waals surface area (Å²) in [5.74, 6) is 3.67. The van der Waals surface area contributed by atoms with Crippen LogP contribution in [0.3, 0.4) is 0 Å². The number of benzene rings is 5. The van der Waals surface area contributed by atoms with E-state index in [1.54, 1.807) is 22.7 Å². The van der Waals surface area contributed by atoms with Gasteiger partial charge in [0.1, 0.15) is 5.69 Å². The number of nitrogens with zero attached hydrogens (tertiary/aromatic N) is 7. The first kappa shape index (κ1) is 35.1. The highest BCUT2D eigenvalue weighted by molar-refractivity contribution is 7.48. The van der Waals surface area contributed by atoms with E-state index in [9.17, 15) is 0 Å². The van der Waals surface area contributed by atoms with Crippen LogP contribution in [0.2, 0.25) is 0 Å². The normalized spacial score (nSPS) is 11.4. The SMILES string of the molecule is c1ccc(-c2nc(-c3ccccc3)nc(-c3cccc(-c4csc5sc6scc(-c7ccc(-c8nc(-c9ccccc9)nc(-c9ccccc9)n8)nc7)c6c45)c3)n2)cc1. The van der Waals surface area contributed by atoms with E-state index in [4.69, 9.17) is 34.9 Å². The van der Waals surface area contributed by atoms with Crippen molar-refractivity contribution < 1.29 is 0 Å². The van der Waals surface area contributed by atoms with Crippen LogP contribution in [0.1, 0.15) is 0 Å². The highest BCUT2D eigenvalue weighted by atomic mass is 32.2. The van der Waals surface area contributed by atoms with Gasteiger partial charge in [0.15, 0.2) is 34.9 Å². The Balaban J connectivity index is 0.976. The minimum Gasteiger partial charge on any atom is -0.252 e. The number of hydrogen-bond donors (Lipinski definition) is 0. The maximum Gasteiger partial charge on any atom is 0.182 e. The third-order valence-electron chi connectivity index (χ3n) is 10.1. The third-order valence-corrected chi connectivity index (χ3v) is 13.5. The van der Waals surface area contributed by atoms with E-state index in [0.29, 0.717) is 40.6 Å². The summed E-state index contributed by atoms with van der Waals surface area (Å²) in [6.07, 6.45) is 1.94. The first-order valence-corrected chi connectivity index (χ1v) is 21.5. The van der Waals surface area contributed by atoms with Gasteiger partial charge in [-0.3, -0.25) is 4.98 Å². The van der Waals surface area contributed by atoms with Gasteiger partial charge in [0.2, 0.25) is 0 Å². The summed E-state index contributed by atoms with van der Waals surface area (Å²) in [5.41, 5.74) is 9.85. The van der Waals surface area contributed by atoms with E-state index in [1.165, 1.54) is 24.4 Å². The van der Waals surface area contributed by atoms with Crippen molar-refractivity contribution in [3.63, 3.8) is 0 Å². The second-order valence-electron chi connectivity index (χ2n) is 13.8. The van der Waals surface area contributed by atoms with Crippen molar-refractivity contribution in [1.82, 2.24) is 34.9 Å². The van der Waals surface area contributed by atoms with Gasteiger partial charge in [0, 0.05) is 72.2 Å². The number of fused-ring (bicyclic) bond motifs is 3. The van der Waals surface area contributed by atoms with Crippen LogP contribution >= 0.6 is 34.0 Å². The Morgan fingerprint density at radius 2 is 0.712 bits per heavy atom. The summed E-state index contributed by atoms with van der Waals surface area (Å²) >= 11 is 5.42. The Morgan fingerprint density at radius 3 is 1.15 bits per heavy atom. The van der Waals surface area contributed by atoms with E-state index < -0.39 is 0 Å². The molecule has 0 spiro atoms. The van der Waals surface area contributed by atoms with Crippen LogP contribution in [0.25, 0.3) is 110 Å². The predicted octanol–water partition coefficient (Wildman–Crippen LogP) is 13.3. The summed E-state index contributed by atoms with van der Waals surface area (Å²) in [6, 6.07) is 52.9. The second kappa shape index (κ2) is 15.0. The zero-order chi connectivity index (χ0) is 39.1. The number of hydrogen-bond acceptors (Lipinski definition) is 10. The molecule has 0 saturated heterocycles. The van der Waals surface area contributed by atoms with Gasteiger partial charge in [0.05, 0.1) is 8.03 Å². The van der Waals surface area contributed by atoms with Crippen molar-refractivity contribution in [2.45, 2.75) is 0 Å². The van der Waals surface area contributed by atoms with Crippen LogP contribution in [0.5, 0.6) is 0 Å². The topological polar surface area (TPSA) is 90.2 Å². The van der Waals surface area contributed by atoms with Gasteiger partial charge in [-0.15, -0.1) is 34.0 Å². The Morgan fingerprint density at radius 1 is 0.322 bits per heavy atom. The summed E-state index contributed by atoms with van der Waals surface area (Å²) < 4.78 is 2.58. The maximum atomic E-state index is 5.00. The van der Waals surface area contributed by atoms with Crippen molar-refractivity contribution in [2.75, 3.05) is 0 Å². The van der Waals surface area contributed by atoms with Crippen molar-refractivity contribution in [3.8, 4) is 90.7 Å². The molecule has 0 bridgehead atoms. The Bertz CT molecular complexity index is 3140. The molecule has 0 aliphatic heterocycles. The lowest BCUT2D eigenvalue weighted by molar-refractivity contribution is 1.06. The highest BCUT2D eigenvalue weighted by Gasteiger charge is 2.21. The molecule has 0 unspecified atom stereocenters. The average Bonchev–Trinajstić information content (AvgIpc) is 4.03. The lowest BCUT2D eigenvalue weighted by Crippen LogP contribution is -2.01. The van der Waals surface area contributed by atoms with E-state index in [2.05, 4.69) is 41.1 Å². The molecule has 11 rings (SSSR count). The molecule has 59 heavy (non-hydrogen) atoms. The van der Waals surface area contributed by atoms with Crippen LogP contribution in [0, 0.1) is 0 Å². The first-order chi connectivity index (χ1) is 29.2. The second-order valence-corrected chi connectivity index (χ2v) is 17.1. The van der Waals surface area contributed by atoms with Crippen LogP contribution in [0.15, 0.2) is 175 Å². The summed E-state index contributed by atoms with van der Waals surface area (Å²) in [6.45, 7) is 0. The van der Waals surface area contributed by atoms with Gasteiger partial charge >= 0.3 is 0 Å². The molecule has 0 aliphatic rings. The van der Waals surface area contributed by atoms with E-state index in [0.717, 1.165) is 44.5 Å². The van der Waals surface area contributed by atoms with Crippen LogP contribution < -0.4 is 0 Å². The quantitative estimate of drug-likeness (QED) is 0.151. The Kier molecular flexibility index (Phi) is 8.92. The van der Waals surface area contributed by atoms with Gasteiger partial charge < -0.3 is 0 Å². The van der Waals surface area contributed by atoms with Crippen molar-refractivity contribution >= 4 is 52.8 Å². The lowest BCUT2D eigenvalue weighted by atomic mass is 10.00. The fourth-order valence-corrected chi connectivity index (χ4v) is 10.9. The molecule has 7 nitrogen and oxygen atoms in total. The molecule has 0 saturated carbocycles. The van der Waals surface area contributed by atoms with Gasteiger partial charge in [-0.2, -0.15) is 0 Å². The first-order valence-electron chi connectivity index (χ1n) is 18.9. The molecule has 10 heteroatoms. The molecule has 6 heterocycles. The molecule has 11 aromatic rings. The number of pyridine rings is 1. The molecule has 0 aliphatic carbocycles. The van der Waals surface area contributed by atoms with Gasteiger partial charge in [-0.05, 0) is 17.7 Å². The molecule has 0 amide bonds. The van der Waals surface area contributed by atoms with E-state index in [1.807, 2.05) is 145 Å². The Hall–Kier alpha value is -7.11. The zero-order valence-corrected chi connectivity index (χ0v) is 33.5. The summed E-state index contributed by atoms with van der Waals surface area (Å²) in [5, 5.41) is 7.04. The predicted molar refractivity (Wildman–Crippen MR) is 243 cm³/mol. The standard InChI is InChI=1S/C49H29N7S3/c1-5-14-30(15-6-1)42-51-43(31-16-7-2-8-17-31)54-46(53-42)35-23-13-22-34(26-35)37-28-57-48-40(37)41-38(29-58-49(41)59-48)36-24-25-39(50-27-36)47-55-44(32-18-9-3-10-19-32)52-45(56-47)33-20-11-4-12-21-33/h1-29H. The average molecular weight is 812 g/mol. The third kappa shape index (κ3) is 6.69. The Labute approximate surface area is 351 Å². The highest BCUT2D eigenvalue weighted by Crippen LogP contribution is 2.50.